The van der Waals surface area contributed by atoms with Crippen molar-refractivity contribution in [2.75, 3.05) is 22.2 Å². The minimum atomic E-state index is -2.77. The highest BCUT2D eigenvalue weighted by molar-refractivity contribution is 8.29. The van der Waals surface area contributed by atoms with Crippen LogP contribution in [0.3, 0.4) is 0 Å². The molecule has 12 heavy (non-hydrogen) atoms. The van der Waals surface area contributed by atoms with Crippen LogP contribution in [0.5, 0.6) is 0 Å². The highest BCUT2D eigenvalue weighted by atomic mass is 32.2. The Hall–Kier alpha value is 0.170. The highest BCUT2D eigenvalue weighted by Crippen LogP contribution is 2.38. The number of hydrogen-bond donors (Lipinski definition) is 2. The minimum absolute atomic E-state index is 0.0573. The van der Waals surface area contributed by atoms with Crippen LogP contribution < -0.4 is 0 Å². The zero-order valence-electron chi connectivity index (χ0n) is 11.7. The molecule has 1 rings (SSSR count). The molecule has 0 amide bonds. The van der Waals surface area contributed by atoms with E-state index in [-0.39, 0.29) is 30.1 Å². The molecule has 4 heteroatoms. The molecule has 0 bridgehead atoms. The van der Waals surface area contributed by atoms with E-state index < -0.39 is 28.2 Å². The number of thiol groups is 1. The average molecular weight is 213 g/mol. The summed E-state index contributed by atoms with van der Waals surface area (Å²) < 4.78 is 39.4. The molecule has 0 aromatic carbocycles. The van der Waals surface area contributed by atoms with Gasteiger partial charge < -0.3 is 5.11 Å². The standard InChI is InChI=1S/C8H16O2S2/c9-8(10)3-1-2-5-12-6-4-11-7-12/h12H,1-7H2,(H,9,10)/i5D2,6D2,12D. The Balaban J connectivity index is 2.71. The van der Waals surface area contributed by atoms with Crippen molar-refractivity contribution >= 4 is 28.5 Å². The smallest absolute Gasteiger partial charge is 0.303 e. The van der Waals surface area contributed by atoms with Gasteiger partial charge in [0, 0.05) is 22.7 Å². The predicted molar refractivity (Wildman–Crippen MR) is 57.5 cm³/mol. The molecule has 1 unspecified atom stereocenters. The van der Waals surface area contributed by atoms with Gasteiger partial charge in [-0.1, -0.05) is 0 Å². The number of carboxylic acid groups (broad SMARTS) is 1. The van der Waals surface area contributed by atoms with E-state index in [9.17, 15) is 4.79 Å². The molecule has 72 valence electrons. The summed E-state index contributed by atoms with van der Waals surface area (Å²) >= 11 is 1.27. The van der Waals surface area contributed by atoms with E-state index in [4.69, 9.17) is 11.7 Å². The van der Waals surface area contributed by atoms with E-state index in [0.29, 0.717) is 0 Å². The van der Waals surface area contributed by atoms with Crippen molar-refractivity contribution < 1.29 is 15.4 Å². The van der Waals surface area contributed by atoms with E-state index in [1.807, 2.05) is 0 Å². The summed E-state index contributed by atoms with van der Waals surface area (Å²) in [6, 6.07) is 0. The highest BCUT2D eigenvalue weighted by Gasteiger charge is 2.10. The van der Waals surface area contributed by atoms with Crippen LogP contribution in [0, 0.1) is 0 Å². The van der Waals surface area contributed by atoms with Gasteiger partial charge in [0.05, 0.1) is 1.12 Å². The maximum atomic E-state index is 10.4. The first-order valence-corrected chi connectivity index (χ1v) is 6.31. The normalized spacial score (nSPS) is 45.8. The first kappa shape index (κ1) is 5.15. The molecule has 0 radical (unpaired) electrons. The number of carboxylic acids is 1. The second kappa shape index (κ2) is 5.75. The molecule has 2 nitrogen and oxygen atoms in total. The lowest BCUT2D eigenvalue weighted by molar-refractivity contribution is -0.137. The lowest BCUT2D eigenvalue weighted by atomic mass is 10.3. The fraction of sp³-hybridized carbons (Fsp3) is 0.875. The molecule has 0 aromatic rings. The van der Waals surface area contributed by atoms with E-state index in [2.05, 4.69) is 0 Å². The number of thioether (sulfide) groups is 1. The van der Waals surface area contributed by atoms with E-state index in [1.165, 1.54) is 11.8 Å². The Labute approximate surface area is 87.2 Å². The fourth-order valence-electron chi connectivity index (χ4n) is 0.807. The van der Waals surface area contributed by atoms with Crippen molar-refractivity contribution in [1.82, 2.24) is 0 Å². The molecule has 0 spiro atoms. The molecular weight excluding hydrogens is 192 g/mol. The van der Waals surface area contributed by atoms with Gasteiger partial charge in [-0.05, 0) is 24.3 Å². The quantitative estimate of drug-likeness (QED) is 0.685. The molecule has 0 aliphatic carbocycles. The van der Waals surface area contributed by atoms with E-state index in [0.717, 1.165) is 0 Å². The summed E-state index contributed by atoms with van der Waals surface area (Å²) in [6.45, 7) is 0. The molecule has 1 aliphatic rings. The van der Waals surface area contributed by atoms with Crippen molar-refractivity contribution in [2.24, 2.45) is 0 Å². The summed E-state index contributed by atoms with van der Waals surface area (Å²) in [5.41, 5.74) is -3.71. The number of rotatable bonds is 5. The lowest BCUT2D eigenvalue weighted by Crippen LogP contribution is -1.96. The molecule has 1 fully saturated rings. The second-order valence-electron chi connectivity index (χ2n) is 2.39. The zero-order chi connectivity index (χ0) is 13.3. The number of carbonyl (C=O) groups is 1. The third-order valence-electron chi connectivity index (χ3n) is 1.38. The Bertz CT molecular complexity index is 312. The van der Waals surface area contributed by atoms with Gasteiger partial charge in [0.25, 0.3) is 0 Å². The van der Waals surface area contributed by atoms with Crippen LogP contribution in [0.15, 0.2) is 0 Å². The third kappa shape index (κ3) is 4.26. The van der Waals surface area contributed by atoms with Crippen molar-refractivity contribution in [3.63, 3.8) is 0 Å². The zero-order valence-corrected chi connectivity index (χ0v) is 8.34. The molecular formula is C8H16O2S2. The molecule has 1 saturated heterocycles. The van der Waals surface area contributed by atoms with Crippen molar-refractivity contribution in [3.8, 4) is 0 Å². The van der Waals surface area contributed by atoms with Crippen LogP contribution >= 0.6 is 22.6 Å². The lowest BCUT2D eigenvalue weighted by Gasteiger charge is -2.11. The van der Waals surface area contributed by atoms with Crippen LogP contribution in [-0.4, -0.2) is 34.4 Å². The molecule has 1 heterocycles. The third-order valence-corrected chi connectivity index (χ3v) is 4.57. The second-order valence-corrected chi connectivity index (χ2v) is 5.39. The number of aliphatic carboxylic acids is 1. The maximum Gasteiger partial charge on any atom is 0.303 e. The van der Waals surface area contributed by atoms with Crippen LogP contribution in [0.25, 0.3) is 0 Å². The first-order valence-electron chi connectivity index (χ1n) is 6.17. The maximum absolute atomic E-state index is 10.4. The summed E-state index contributed by atoms with van der Waals surface area (Å²) in [7, 11) is -2.77. The van der Waals surface area contributed by atoms with Crippen molar-refractivity contribution in [2.45, 2.75) is 19.3 Å². The van der Waals surface area contributed by atoms with E-state index in [1.54, 1.807) is 0 Å². The van der Waals surface area contributed by atoms with Crippen LogP contribution in [0.1, 0.15) is 24.7 Å². The molecule has 1 aliphatic heterocycles. The molecule has 1 N–H and O–H groups in total. The van der Waals surface area contributed by atoms with Gasteiger partial charge in [0.2, 0.25) is 0 Å². The minimum Gasteiger partial charge on any atom is -0.481 e. The Morgan fingerprint density at radius 2 is 2.67 bits per heavy atom. The SMILES string of the molecule is [2H]C([2H])(CCCC(=O)O)S1([2H])CSCC1([2H])[2H]. The summed E-state index contributed by atoms with van der Waals surface area (Å²) in [5.74, 6) is -0.830. The molecule has 0 aromatic heterocycles. The van der Waals surface area contributed by atoms with Gasteiger partial charge >= 0.3 is 5.97 Å². The Morgan fingerprint density at radius 1 is 1.83 bits per heavy atom. The first-order chi connectivity index (χ1) is 7.62. The number of hydrogen-bond acceptors (Lipinski definition) is 2. The Kier molecular flexibility index (Phi) is 2.47. The van der Waals surface area contributed by atoms with Crippen molar-refractivity contribution in [1.29, 1.82) is 1.12 Å². The van der Waals surface area contributed by atoms with Crippen LogP contribution in [0.2, 0.25) is 0 Å². The van der Waals surface area contributed by atoms with Gasteiger partial charge in [-0.15, -0.1) is 0 Å². The van der Waals surface area contributed by atoms with Gasteiger partial charge in [0.1, 0.15) is 0 Å². The molecule has 0 saturated carbocycles. The summed E-state index contributed by atoms with van der Waals surface area (Å²) in [4.78, 5) is 10.4. The van der Waals surface area contributed by atoms with Crippen LogP contribution in [-0.2, 0) is 4.79 Å². The topological polar surface area (TPSA) is 37.3 Å². The Morgan fingerprint density at radius 3 is 3.25 bits per heavy atom. The molecule has 1 atom stereocenters. The fourth-order valence-corrected chi connectivity index (χ4v) is 3.87. The van der Waals surface area contributed by atoms with Gasteiger partial charge in [-0.3, -0.25) is 4.79 Å². The summed E-state index contributed by atoms with van der Waals surface area (Å²) in [6.07, 6.45) is -0.0416. The predicted octanol–water partition coefficient (Wildman–Crippen LogP) is 1.95. The van der Waals surface area contributed by atoms with Crippen LogP contribution in [0.4, 0.5) is 0 Å². The average Bonchev–Trinajstić information content (AvgIpc) is 2.41. The monoisotopic (exact) mass is 213 g/mol. The van der Waals surface area contributed by atoms with Gasteiger partial charge in [-0.25, -0.2) is 10.8 Å². The largest absolute Gasteiger partial charge is 0.481 e. The van der Waals surface area contributed by atoms with E-state index >= 15 is 0 Å². The summed E-state index contributed by atoms with van der Waals surface area (Å²) in [5, 5.41) is 8.70. The van der Waals surface area contributed by atoms with Gasteiger partial charge in [-0.2, -0.15) is 11.8 Å². The van der Waals surface area contributed by atoms with Crippen molar-refractivity contribution in [3.05, 3.63) is 0 Å². The van der Waals surface area contributed by atoms with Gasteiger partial charge in [0.15, 0.2) is 0 Å².